The summed E-state index contributed by atoms with van der Waals surface area (Å²) >= 11 is 0. The molecule has 0 aliphatic heterocycles. The van der Waals surface area contributed by atoms with E-state index in [2.05, 4.69) is 58.1 Å². The van der Waals surface area contributed by atoms with Gasteiger partial charge in [-0.3, -0.25) is 4.79 Å². The lowest BCUT2D eigenvalue weighted by molar-refractivity contribution is 0.0981. The minimum Gasteiger partial charge on any atom is -0.314 e. The highest BCUT2D eigenvalue weighted by atomic mass is 16.1. The van der Waals surface area contributed by atoms with Gasteiger partial charge in [-0.25, -0.2) is 0 Å². The topological polar surface area (TPSA) is 29.1 Å². The van der Waals surface area contributed by atoms with Crippen LogP contribution in [0.15, 0.2) is 18.2 Å². The first kappa shape index (κ1) is 15.9. The normalized spacial score (nSPS) is 11.9. The zero-order valence-corrected chi connectivity index (χ0v) is 13.1. The first-order valence-electron chi connectivity index (χ1n) is 7.09. The molecule has 0 atom stereocenters. The van der Waals surface area contributed by atoms with Gasteiger partial charge in [-0.05, 0) is 29.5 Å². The summed E-state index contributed by atoms with van der Waals surface area (Å²) in [4.78, 5) is 12.3. The van der Waals surface area contributed by atoms with E-state index in [0.717, 1.165) is 17.7 Å². The number of benzene rings is 1. The largest absolute Gasteiger partial charge is 0.314 e. The lowest BCUT2D eigenvalue weighted by Gasteiger charge is -2.20. The Hall–Kier alpha value is -1.15. The molecule has 0 saturated heterocycles. The Balaban J connectivity index is 2.84. The number of carbonyl (C=O) groups excluding carboxylic acids is 1. The van der Waals surface area contributed by atoms with Gasteiger partial charge in [0.05, 0.1) is 0 Å². The van der Waals surface area contributed by atoms with Crippen LogP contribution in [-0.2, 0) is 5.41 Å². The first-order valence-corrected chi connectivity index (χ1v) is 7.09. The van der Waals surface area contributed by atoms with Crippen molar-refractivity contribution in [1.29, 1.82) is 0 Å². The Morgan fingerprint density at radius 2 is 1.89 bits per heavy atom. The van der Waals surface area contributed by atoms with Crippen LogP contribution < -0.4 is 5.32 Å². The number of aryl methyl sites for hydroxylation is 1. The maximum Gasteiger partial charge on any atom is 0.164 e. The summed E-state index contributed by atoms with van der Waals surface area (Å²) in [6.07, 6.45) is 0.562. The highest BCUT2D eigenvalue weighted by molar-refractivity contribution is 5.97. The zero-order chi connectivity index (χ0) is 14.6. The summed E-state index contributed by atoms with van der Waals surface area (Å²) in [5.74, 6) is 0.233. The van der Waals surface area contributed by atoms with Crippen LogP contribution in [0.5, 0.6) is 0 Å². The van der Waals surface area contributed by atoms with Crippen molar-refractivity contribution in [3.05, 3.63) is 34.9 Å². The molecule has 0 fully saturated rings. The van der Waals surface area contributed by atoms with Crippen molar-refractivity contribution in [2.24, 2.45) is 0 Å². The van der Waals surface area contributed by atoms with Gasteiger partial charge in [-0.2, -0.15) is 0 Å². The molecule has 1 N–H and O–H groups in total. The van der Waals surface area contributed by atoms with E-state index in [1.807, 2.05) is 6.92 Å². The van der Waals surface area contributed by atoms with E-state index in [9.17, 15) is 4.79 Å². The van der Waals surface area contributed by atoms with Crippen molar-refractivity contribution in [2.45, 2.75) is 59.4 Å². The summed E-state index contributed by atoms with van der Waals surface area (Å²) in [6, 6.07) is 6.67. The zero-order valence-electron chi connectivity index (χ0n) is 13.1. The van der Waals surface area contributed by atoms with Gasteiger partial charge < -0.3 is 5.32 Å². The molecule has 0 amide bonds. The second-order valence-electron chi connectivity index (χ2n) is 6.56. The van der Waals surface area contributed by atoms with Crippen LogP contribution in [-0.4, -0.2) is 18.4 Å². The fourth-order valence-corrected chi connectivity index (χ4v) is 2.00. The van der Waals surface area contributed by atoms with E-state index in [1.54, 1.807) is 0 Å². The molecule has 0 saturated carbocycles. The van der Waals surface area contributed by atoms with Crippen molar-refractivity contribution < 1.29 is 4.79 Å². The third kappa shape index (κ3) is 4.79. The van der Waals surface area contributed by atoms with Crippen LogP contribution in [0.25, 0.3) is 0 Å². The van der Waals surface area contributed by atoms with Crippen molar-refractivity contribution in [2.75, 3.05) is 6.54 Å². The van der Waals surface area contributed by atoms with Crippen molar-refractivity contribution in [1.82, 2.24) is 5.32 Å². The summed E-state index contributed by atoms with van der Waals surface area (Å²) < 4.78 is 0. The molecule has 0 aromatic heterocycles. The molecule has 2 heteroatoms. The van der Waals surface area contributed by atoms with Crippen molar-refractivity contribution in [3.63, 3.8) is 0 Å². The molecule has 1 aromatic carbocycles. The van der Waals surface area contributed by atoms with Crippen molar-refractivity contribution in [3.8, 4) is 0 Å². The van der Waals surface area contributed by atoms with Gasteiger partial charge >= 0.3 is 0 Å². The quantitative estimate of drug-likeness (QED) is 0.815. The molecule has 0 spiro atoms. The smallest absolute Gasteiger partial charge is 0.164 e. The maximum absolute atomic E-state index is 12.3. The summed E-state index contributed by atoms with van der Waals surface area (Å²) in [6.45, 7) is 13.5. The van der Waals surface area contributed by atoms with Gasteiger partial charge in [0, 0.05) is 24.6 Å². The lowest BCUT2D eigenvalue weighted by Crippen LogP contribution is -2.25. The number of hydrogen-bond donors (Lipinski definition) is 1. The Kier molecular flexibility index (Phi) is 5.30. The number of Topliss-reactive ketones (excluding diaryl/α,β-unsaturated/α-hetero) is 1. The van der Waals surface area contributed by atoms with E-state index < -0.39 is 0 Å². The molecular weight excluding hydrogens is 234 g/mol. The van der Waals surface area contributed by atoms with Crippen LogP contribution in [0.1, 0.15) is 62.5 Å². The van der Waals surface area contributed by atoms with E-state index in [-0.39, 0.29) is 11.2 Å². The van der Waals surface area contributed by atoms with E-state index in [4.69, 9.17) is 0 Å². The van der Waals surface area contributed by atoms with E-state index in [1.165, 1.54) is 5.56 Å². The van der Waals surface area contributed by atoms with Crippen LogP contribution in [0.2, 0.25) is 0 Å². The Morgan fingerprint density at radius 3 is 2.42 bits per heavy atom. The second-order valence-corrected chi connectivity index (χ2v) is 6.56. The molecule has 0 unspecified atom stereocenters. The predicted molar refractivity (Wildman–Crippen MR) is 82.0 cm³/mol. The lowest BCUT2D eigenvalue weighted by atomic mass is 9.84. The number of hydrogen-bond acceptors (Lipinski definition) is 2. The molecule has 2 nitrogen and oxygen atoms in total. The predicted octanol–water partition coefficient (Wildman–Crippen LogP) is 3.86. The van der Waals surface area contributed by atoms with Gasteiger partial charge in [0.2, 0.25) is 0 Å². The SMILES string of the molecule is Cc1ccc(C(C)(C)C)cc1C(=O)CCNC(C)C. The third-order valence-electron chi connectivity index (χ3n) is 3.31. The van der Waals surface area contributed by atoms with Gasteiger partial charge in [-0.1, -0.05) is 46.8 Å². The minimum atomic E-state index is 0.0823. The van der Waals surface area contributed by atoms with Crippen LogP contribution in [0, 0.1) is 6.92 Å². The van der Waals surface area contributed by atoms with Gasteiger partial charge in [0.25, 0.3) is 0 Å². The molecule has 1 aromatic rings. The first-order chi connectivity index (χ1) is 8.71. The number of nitrogens with one attached hydrogen (secondary N) is 1. The molecule has 19 heavy (non-hydrogen) atoms. The Morgan fingerprint density at radius 1 is 1.26 bits per heavy atom. The fraction of sp³-hybridized carbons (Fsp3) is 0.588. The van der Waals surface area contributed by atoms with Gasteiger partial charge in [-0.15, -0.1) is 0 Å². The number of rotatable bonds is 5. The van der Waals surface area contributed by atoms with Crippen LogP contribution in [0.4, 0.5) is 0 Å². The average molecular weight is 261 g/mol. The fourth-order valence-electron chi connectivity index (χ4n) is 2.00. The highest BCUT2D eigenvalue weighted by Gasteiger charge is 2.17. The molecule has 0 bridgehead atoms. The standard InChI is InChI=1S/C17H27NO/c1-12(2)18-10-9-16(19)15-11-14(17(4,5)6)8-7-13(15)3/h7-8,11-12,18H,9-10H2,1-6H3. The second kappa shape index (κ2) is 6.33. The monoisotopic (exact) mass is 261 g/mol. The maximum atomic E-state index is 12.3. The highest BCUT2D eigenvalue weighted by Crippen LogP contribution is 2.25. The molecule has 106 valence electrons. The summed E-state index contributed by atoms with van der Waals surface area (Å²) in [5, 5.41) is 3.29. The molecule has 0 aliphatic rings. The average Bonchev–Trinajstić information content (AvgIpc) is 2.27. The molecule has 0 aliphatic carbocycles. The Labute approximate surface area is 117 Å². The number of carbonyl (C=O) groups is 1. The molecule has 0 heterocycles. The van der Waals surface area contributed by atoms with Crippen LogP contribution >= 0.6 is 0 Å². The van der Waals surface area contributed by atoms with Gasteiger partial charge in [0.1, 0.15) is 0 Å². The summed E-state index contributed by atoms with van der Waals surface area (Å²) in [7, 11) is 0. The molecule has 1 rings (SSSR count). The van der Waals surface area contributed by atoms with E-state index >= 15 is 0 Å². The third-order valence-corrected chi connectivity index (χ3v) is 3.31. The van der Waals surface area contributed by atoms with E-state index in [0.29, 0.717) is 12.5 Å². The minimum absolute atomic E-state index is 0.0823. The van der Waals surface area contributed by atoms with Gasteiger partial charge in [0.15, 0.2) is 5.78 Å². The summed E-state index contributed by atoms with van der Waals surface area (Å²) in [5.41, 5.74) is 3.25. The molecule has 0 radical (unpaired) electrons. The van der Waals surface area contributed by atoms with Crippen LogP contribution in [0.3, 0.4) is 0 Å². The molecular formula is C17H27NO. The Bertz CT molecular complexity index is 441. The van der Waals surface area contributed by atoms with Crippen molar-refractivity contribution >= 4 is 5.78 Å². The number of ketones is 1.